The molecule has 1 fully saturated rings. The van der Waals surface area contributed by atoms with E-state index in [9.17, 15) is 44.6 Å². The van der Waals surface area contributed by atoms with E-state index in [1.54, 1.807) is 0 Å². The van der Waals surface area contributed by atoms with Gasteiger partial charge in [-0.3, -0.25) is 18.6 Å². The highest BCUT2D eigenvalue weighted by Crippen LogP contribution is 2.47. The van der Waals surface area contributed by atoms with Gasteiger partial charge in [-0.2, -0.15) is 0 Å². The summed E-state index contributed by atoms with van der Waals surface area (Å²) >= 11 is 0. The van der Waals surface area contributed by atoms with Gasteiger partial charge in [0.2, 0.25) is 0 Å². The first kappa shape index (κ1) is 52.9. The van der Waals surface area contributed by atoms with E-state index < -0.39 is 75.7 Å². The fraction of sp³-hybridized carbons (Fsp3) is 0.952. The van der Waals surface area contributed by atoms with Crippen LogP contribution < -0.4 is 0 Å². The molecule has 1 aliphatic rings. The summed E-state index contributed by atoms with van der Waals surface area (Å²) in [6, 6.07) is 0. The quantitative estimate of drug-likeness (QED) is 0.0199. The summed E-state index contributed by atoms with van der Waals surface area (Å²) in [5.74, 6) is -1.09. The maximum atomic E-state index is 12.8. The zero-order chi connectivity index (χ0) is 41.4. The average molecular weight is 825 g/mol. The molecule has 0 aromatic carbocycles. The minimum absolute atomic E-state index is 0.105. The first-order chi connectivity index (χ1) is 26.9. The molecule has 0 aromatic rings. The van der Waals surface area contributed by atoms with Gasteiger partial charge in [0.05, 0.1) is 6.61 Å². The lowest BCUT2D eigenvalue weighted by atomic mass is 9.85. The third kappa shape index (κ3) is 26.1. The molecular formula is C42H81O13P. The molecule has 1 rings (SSSR count). The van der Waals surface area contributed by atoms with Gasteiger partial charge in [0.25, 0.3) is 0 Å². The molecule has 1 aliphatic carbocycles. The van der Waals surface area contributed by atoms with Gasteiger partial charge in [-0.25, -0.2) is 4.57 Å². The number of aliphatic hydroxyl groups is 5. The van der Waals surface area contributed by atoms with E-state index in [-0.39, 0.29) is 12.8 Å². The smallest absolute Gasteiger partial charge is 0.462 e. The van der Waals surface area contributed by atoms with E-state index in [0.29, 0.717) is 12.8 Å². The number of esters is 2. The van der Waals surface area contributed by atoms with Crippen molar-refractivity contribution in [2.75, 3.05) is 13.2 Å². The Hall–Kier alpha value is -1.15. The van der Waals surface area contributed by atoms with Gasteiger partial charge < -0.3 is 39.9 Å². The van der Waals surface area contributed by atoms with Crippen molar-refractivity contribution in [3.05, 3.63) is 0 Å². The van der Waals surface area contributed by atoms with Gasteiger partial charge in [0.15, 0.2) is 6.10 Å². The molecule has 0 amide bonds. The fourth-order valence-corrected chi connectivity index (χ4v) is 8.03. The van der Waals surface area contributed by atoms with Gasteiger partial charge in [0, 0.05) is 12.8 Å². The zero-order valence-corrected chi connectivity index (χ0v) is 35.8. The molecule has 13 nitrogen and oxygen atoms in total. The molecule has 1 saturated carbocycles. The Morgan fingerprint density at radius 1 is 0.482 bits per heavy atom. The summed E-state index contributed by atoms with van der Waals surface area (Å²) in [6.45, 7) is 3.30. The molecule has 8 atom stereocenters. The van der Waals surface area contributed by atoms with Crippen molar-refractivity contribution in [1.82, 2.24) is 0 Å². The van der Waals surface area contributed by atoms with Crippen LogP contribution >= 0.6 is 7.82 Å². The normalized spacial score (nSPS) is 22.8. The highest BCUT2D eigenvalue weighted by Gasteiger charge is 2.51. The van der Waals surface area contributed by atoms with Crippen LogP contribution in [0.5, 0.6) is 0 Å². The standard InChI is InChI=1S/C42H81O13P/c1-3-5-7-9-11-13-15-16-17-18-19-21-23-25-27-29-31-36(44)54-34(32-52-35(43)30-28-26-24-22-20-14-12-10-8-6-4-2)33-53-56(50,51)55-42-40(48)38(46)37(45)39(47)41(42)49/h34,37-42,45-49H,3-33H2,1-2H3,(H,50,51)/t34-,37?,38-,39?,40?,41?,42?/m1/s1. The molecule has 56 heavy (non-hydrogen) atoms. The van der Waals surface area contributed by atoms with E-state index in [4.69, 9.17) is 18.5 Å². The number of phosphoric acid groups is 1. The first-order valence-corrected chi connectivity index (χ1v) is 23.8. The van der Waals surface area contributed by atoms with Crippen molar-refractivity contribution in [3.63, 3.8) is 0 Å². The Labute approximate surface area is 338 Å². The number of phosphoric ester groups is 1. The molecule has 0 bridgehead atoms. The number of aliphatic hydroxyl groups excluding tert-OH is 5. The van der Waals surface area contributed by atoms with Crippen LogP contribution in [0, 0.1) is 0 Å². The van der Waals surface area contributed by atoms with Gasteiger partial charge in [-0.15, -0.1) is 0 Å². The number of ether oxygens (including phenoxy) is 2. The zero-order valence-electron chi connectivity index (χ0n) is 34.9. The topological polar surface area (TPSA) is 210 Å². The summed E-state index contributed by atoms with van der Waals surface area (Å²) in [5, 5.41) is 50.0. The number of hydrogen-bond acceptors (Lipinski definition) is 12. The predicted octanol–water partition coefficient (Wildman–Crippen LogP) is 8.11. The van der Waals surface area contributed by atoms with Crippen LogP contribution in [-0.2, 0) is 32.7 Å². The Morgan fingerprint density at radius 3 is 1.18 bits per heavy atom. The van der Waals surface area contributed by atoms with Crippen LogP contribution in [-0.4, -0.2) is 98.3 Å². The van der Waals surface area contributed by atoms with Crippen molar-refractivity contribution in [2.45, 2.75) is 243 Å². The number of carbonyl (C=O) groups is 2. The third-order valence-corrected chi connectivity index (χ3v) is 11.7. The lowest BCUT2D eigenvalue weighted by Crippen LogP contribution is -2.64. The molecule has 6 unspecified atom stereocenters. The largest absolute Gasteiger partial charge is 0.472 e. The predicted molar refractivity (Wildman–Crippen MR) is 217 cm³/mol. The lowest BCUT2D eigenvalue weighted by Gasteiger charge is -2.41. The van der Waals surface area contributed by atoms with Crippen molar-refractivity contribution in [2.24, 2.45) is 0 Å². The summed E-state index contributed by atoms with van der Waals surface area (Å²) in [6.07, 6.45) is 18.8. The van der Waals surface area contributed by atoms with Crippen molar-refractivity contribution in [1.29, 1.82) is 0 Å². The van der Waals surface area contributed by atoms with Crippen molar-refractivity contribution in [3.8, 4) is 0 Å². The first-order valence-electron chi connectivity index (χ1n) is 22.3. The van der Waals surface area contributed by atoms with Crippen LogP contribution in [0.1, 0.15) is 200 Å². The second-order valence-electron chi connectivity index (χ2n) is 15.9. The molecule has 0 heterocycles. The minimum Gasteiger partial charge on any atom is -0.462 e. The fourth-order valence-electron chi connectivity index (χ4n) is 7.05. The Bertz CT molecular complexity index is 1000. The van der Waals surface area contributed by atoms with Crippen LogP contribution in [0.25, 0.3) is 0 Å². The Balaban J connectivity index is 2.46. The van der Waals surface area contributed by atoms with E-state index in [1.807, 2.05) is 0 Å². The van der Waals surface area contributed by atoms with Crippen LogP contribution in [0.2, 0.25) is 0 Å². The van der Waals surface area contributed by atoms with Crippen LogP contribution in [0.4, 0.5) is 0 Å². The number of hydrogen-bond donors (Lipinski definition) is 6. The van der Waals surface area contributed by atoms with Crippen molar-refractivity contribution >= 4 is 19.8 Å². The number of unbranched alkanes of at least 4 members (excludes halogenated alkanes) is 25. The minimum atomic E-state index is -5.10. The maximum absolute atomic E-state index is 12.8. The maximum Gasteiger partial charge on any atom is 0.472 e. The molecule has 0 aromatic heterocycles. The molecule has 14 heteroatoms. The lowest BCUT2D eigenvalue weighted by molar-refractivity contribution is -0.220. The summed E-state index contributed by atoms with van der Waals surface area (Å²) in [4.78, 5) is 35.6. The van der Waals surface area contributed by atoms with E-state index >= 15 is 0 Å². The molecular weight excluding hydrogens is 743 g/mol. The van der Waals surface area contributed by atoms with Crippen molar-refractivity contribution < 1.29 is 63.1 Å². The second kappa shape index (κ2) is 33.7. The SMILES string of the molecule is CCCCCCCCCCCCCCCCCCC(=O)O[C@H](COC(=O)CCCCCCCCCCCCC)COP(=O)(O)OC1C(O)C(O)C(O)[C@@H](O)C1O. The van der Waals surface area contributed by atoms with Gasteiger partial charge >= 0.3 is 19.8 Å². The number of carbonyl (C=O) groups excluding carboxylic acids is 2. The third-order valence-electron chi connectivity index (χ3n) is 10.7. The summed E-state index contributed by atoms with van der Waals surface area (Å²) in [5.41, 5.74) is 0. The summed E-state index contributed by atoms with van der Waals surface area (Å²) < 4.78 is 33.5. The Morgan fingerprint density at radius 2 is 0.804 bits per heavy atom. The van der Waals surface area contributed by atoms with Crippen LogP contribution in [0.3, 0.4) is 0 Å². The molecule has 0 spiro atoms. The molecule has 6 N–H and O–H groups in total. The van der Waals surface area contributed by atoms with Crippen LogP contribution in [0.15, 0.2) is 0 Å². The Kier molecular flexibility index (Phi) is 31.8. The van der Waals surface area contributed by atoms with Gasteiger partial charge in [-0.05, 0) is 12.8 Å². The molecule has 0 aliphatic heterocycles. The average Bonchev–Trinajstić information content (AvgIpc) is 3.18. The van der Waals surface area contributed by atoms with Gasteiger partial charge in [0.1, 0.15) is 43.2 Å². The van der Waals surface area contributed by atoms with E-state index in [0.717, 1.165) is 38.5 Å². The molecule has 332 valence electrons. The van der Waals surface area contributed by atoms with E-state index in [2.05, 4.69) is 13.8 Å². The summed E-state index contributed by atoms with van der Waals surface area (Å²) in [7, 11) is -5.10. The second-order valence-corrected chi connectivity index (χ2v) is 17.3. The van der Waals surface area contributed by atoms with Gasteiger partial charge in [-0.1, -0.05) is 174 Å². The van der Waals surface area contributed by atoms with E-state index in [1.165, 1.54) is 122 Å². The highest BCUT2D eigenvalue weighted by atomic mass is 31.2. The number of rotatable bonds is 37. The highest BCUT2D eigenvalue weighted by molar-refractivity contribution is 7.47. The monoisotopic (exact) mass is 825 g/mol. The molecule has 0 saturated heterocycles. The molecule has 0 radical (unpaired) electrons.